The van der Waals surface area contributed by atoms with Gasteiger partial charge in [0.05, 0.1) is 16.6 Å². The van der Waals surface area contributed by atoms with Crippen LogP contribution >= 0.6 is 11.6 Å². The van der Waals surface area contributed by atoms with Gasteiger partial charge in [-0.15, -0.1) is 0 Å². The predicted molar refractivity (Wildman–Crippen MR) is 131 cm³/mol. The summed E-state index contributed by atoms with van der Waals surface area (Å²) in [6.45, 7) is 1.22. The molecule has 0 fully saturated rings. The molecule has 3 aromatic carbocycles. The molecule has 0 aliphatic carbocycles. The number of carbonyl (C=O) groups is 1. The van der Waals surface area contributed by atoms with Crippen molar-refractivity contribution in [2.45, 2.75) is 24.6 Å². The maximum Gasteiger partial charge on any atom is 0.422 e. The number of alkyl halides is 3. The van der Waals surface area contributed by atoms with Gasteiger partial charge in [0, 0.05) is 25.0 Å². The van der Waals surface area contributed by atoms with Gasteiger partial charge in [0.15, 0.2) is 5.60 Å². The zero-order valence-corrected chi connectivity index (χ0v) is 20.6. The Morgan fingerprint density at radius 1 is 0.946 bits per heavy atom. The lowest BCUT2D eigenvalue weighted by Gasteiger charge is -2.37. The summed E-state index contributed by atoms with van der Waals surface area (Å²) in [6.07, 6.45) is -5.09. The zero-order chi connectivity index (χ0) is 27.3. The molecule has 0 saturated heterocycles. The van der Waals surface area contributed by atoms with E-state index in [1.165, 1.54) is 78.7 Å². The number of aliphatic hydroxyl groups is 1. The van der Waals surface area contributed by atoms with Crippen molar-refractivity contribution in [2.24, 2.45) is 14.1 Å². The molecule has 11 heteroatoms. The van der Waals surface area contributed by atoms with Crippen molar-refractivity contribution in [3.05, 3.63) is 92.9 Å². The second-order valence-corrected chi connectivity index (χ2v) is 9.11. The van der Waals surface area contributed by atoms with E-state index < -0.39 is 34.9 Å². The number of fused-ring (bicyclic) bond motifs is 1. The Morgan fingerprint density at radius 3 is 2.11 bits per heavy atom. The molecule has 0 aliphatic rings. The second-order valence-electron chi connectivity index (χ2n) is 8.70. The Bertz CT molecular complexity index is 1560. The summed E-state index contributed by atoms with van der Waals surface area (Å²) < 4.78 is 51.6. The van der Waals surface area contributed by atoms with Crippen LogP contribution in [0.5, 0.6) is 11.5 Å². The van der Waals surface area contributed by atoms with Crippen LogP contribution in [0.3, 0.4) is 0 Å². The number of hydrogen-bond acceptors (Lipinski definition) is 4. The number of aromatic carboxylic acids is 1. The smallest absolute Gasteiger partial charge is 0.422 e. The van der Waals surface area contributed by atoms with Gasteiger partial charge >= 0.3 is 17.8 Å². The summed E-state index contributed by atoms with van der Waals surface area (Å²) in [5, 5.41) is 20.1. The standard InChI is InChI=1S/C26H22ClF3N2O5/c1-14(19-10-9-18(13-20(19)27)37-17-7-4-15(5-8-17)23(33)34)25(36,26(28,29)30)16-6-11-21-22(12-16)32(3)24(35)31(21)2/h4-14,36H,1-3H3,(H,33,34). The number of halogens is 4. The van der Waals surface area contributed by atoms with Gasteiger partial charge in [0.25, 0.3) is 0 Å². The number of ether oxygens (including phenoxy) is 1. The van der Waals surface area contributed by atoms with Gasteiger partial charge in [0.2, 0.25) is 0 Å². The van der Waals surface area contributed by atoms with Crippen molar-refractivity contribution in [3.63, 3.8) is 0 Å². The summed E-state index contributed by atoms with van der Waals surface area (Å²) in [5.41, 5.74) is -3.42. The van der Waals surface area contributed by atoms with Crippen LogP contribution in [0.2, 0.25) is 5.02 Å². The van der Waals surface area contributed by atoms with Crippen molar-refractivity contribution >= 4 is 28.6 Å². The average molecular weight is 535 g/mol. The molecular weight excluding hydrogens is 513 g/mol. The lowest BCUT2D eigenvalue weighted by Crippen LogP contribution is -2.46. The molecule has 0 spiro atoms. The number of aryl methyl sites for hydroxylation is 2. The normalized spacial score (nSPS) is 14.4. The van der Waals surface area contributed by atoms with Gasteiger partial charge in [0.1, 0.15) is 11.5 Å². The molecule has 2 N–H and O–H groups in total. The number of imidazole rings is 1. The monoisotopic (exact) mass is 534 g/mol. The number of aromatic nitrogens is 2. The van der Waals surface area contributed by atoms with Crippen molar-refractivity contribution in [2.75, 3.05) is 0 Å². The summed E-state index contributed by atoms with van der Waals surface area (Å²) in [5.74, 6) is -2.13. The lowest BCUT2D eigenvalue weighted by atomic mass is 9.77. The quantitative estimate of drug-likeness (QED) is 0.337. The maximum atomic E-state index is 14.5. The molecule has 2 unspecified atom stereocenters. The van der Waals surface area contributed by atoms with Gasteiger partial charge in [-0.2, -0.15) is 13.2 Å². The third-order valence-electron chi connectivity index (χ3n) is 6.55. The van der Waals surface area contributed by atoms with E-state index in [4.69, 9.17) is 21.4 Å². The topological polar surface area (TPSA) is 93.7 Å². The molecule has 2 atom stereocenters. The van der Waals surface area contributed by atoms with E-state index in [2.05, 4.69) is 0 Å². The molecule has 4 aromatic rings. The Kier molecular flexibility index (Phi) is 6.60. The van der Waals surface area contributed by atoms with E-state index in [0.29, 0.717) is 11.3 Å². The Balaban J connectivity index is 1.72. The second kappa shape index (κ2) is 9.28. The van der Waals surface area contributed by atoms with Gasteiger partial charge < -0.3 is 14.9 Å². The van der Waals surface area contributed by atoms with E-state index in [9.17, 15) is 27.9 Å². The van der Waals surface area contributed by atoms with Gasteiger partial charge in [-0.05, 0) is 59.7 Å². The molecule has 0 saturated carbocycles. The largest absolute Gasteiger partial charge is 0.478 e. The predicted octanol–water partition coefficient (Wildman–Crippen LogP) is 5.57. The number of rotatable bonds is 6. The molecule has 7 nitrogen and oxygen atoms in total. The fourth-order valence-corrected chi connectivity index (χ4v) is 4.69. The van der Waals surface area contributed by atoms with Crippen molar-refractivity contribution in [3.8, 4) is 11.5 Å². The SMILES string of the molecule is CC(c1ccc(Oc2ccc(C(=O)O)cc2)cc1Cl)C(O)(c1ccc2c(c1)n(C)c(=O)n2C)C(F)(F)F. The van der Waals surface area contributed by atoms with Crippen LogP contribution in [0, 0.1) is 0 Å². The minimum absolute atomic E-state index is 0.0251. The average Bonchev–Trinajstić information content (AvgIpc) is 3.06. The molecule has 0 amide bonds. The first kappa shape index (κ1) is 26.3. The molecule has 1 aromatic heterocycles. The molecule has 4 rings (SSSR count). The Labute approximate surface area is 213 Å². The van der Waals surface area contributed by atoms with Crippen molar-refractivity contribution in [1.82, 2.24) is 9.13 Å². The molecular formula is C26H22ClF3N2O5. The van der Waals surface area contributed by atoms with Crippen LogP contribution < -0.4 is 10.4 Å². The molecule has 1 heterocycles. The van der Waals surface area contributed by atoms with Crippen LogP contribution in [-0.4, -0.2) is 31.5 Å². The highest BCUT2D eigenvalue weighted by Gasteiger charge is 2.59. The third kappa shape index (κ3) is 4.47. The summed E-state index contributed by atoms with van der Waals surface area (Å²) in [6, 6.07) is 13.3. The van der Waals surface area contributed by atoms with E-state index in [0.717, 1.165) is 12.1 Å². The summed E-state index contributed by atoms with van der Waals surface area (Å²) in [4.78, 5) is 23.2. The van der Waals surface area contributed by atoms with Crippen LogP contribution in [0.4, 0.5) is 13.2 Å². The Hall–Kier alpha value is -3.76. The molecule has 37 heavy (non-hydrogen) atoms. The van der Waals surface area contributed by atoms with Crippen LogP contribution in [0.1, 0.15) is 34.3 Å². The first-order valence-electron chi connectivity index (χ1n) is 11.0. The van der Waals surface area contributed by atoms with Crippen molar-refractivity contribution < 1.29 is 32.9 Å². The first-order chi connectivity index (χ1) is 17.3. The number of hydrogen-bond donors (Lipinski definition) is 2. The minimum Gasteiger partial charge on any atom is -0.478 e. The Morgan fingerprint density at radius 2 is 1.54 bits per heavy atom. The molecule has 0 radical (unpaired) electrons. The number of carboxylic acids is 1. The van der Waals surface area contributed by atoms with Crippen LogP contribution in [-0.2, 0) is 19.7 Å². The third-order valence-corrected chi connectivity index (χ3v) is 6.87. The lowest BCUT2D eigenvalue weighted by molar-refractivity contribution is -0.274. The van der Waals surface area contributed by atoms with Gasteiger partial charge in [-0.25, -0.2) is 9.59 Å². The molecule has 0 aliphatic heterocycles. The number of carboxylic acid groups (broad SMARTS) is 1. The number of benzene rings is 3. The van der Waals surface area contributed by atoms with Crippen LogP contribution in [0.15, 0.2) is 65.5 Å². The summed E-state index contributed by atoms with van der Waals surface area (Å²) in [7, 11) is 2.95. The molecule has 194 valence electrons. The maximum absolute atomic E-state index is 14.5. The highest BCUT2D eigenvalue weighted by Crippen LogP contribution is 2.50. The van der Waals surface area contributed by atoms with E-state index >= 15 is 0 Å². The van der Waals surface area contributed by atoms with Crippen molar-refractivity contribution in [1.29, 1.82) is 0 Å². The highest BCUT2D eigenvalue weighted by molar-refractivity contribution is 6.31. The highest BCUT2D eigenvalue weighted by atomic mass is 35.5. The fourth-order valence-electron chi connectivity index (χ4n) is 4.35. The first-order valence-corrected chi connectivity index (χ1v) is 11.4. The van der Waals surface area contributed by atoms with E-state index in [-0.39, 0.29) is 27.4 Å². The van der Waals surface area contributed by atoms with Gasteiger partial charge in [-0.3, -0.25) is 9.13 Å². The zero-order valence-electron chi connectivity index (χ0n) is 19.9. The molecule has 0 bridgehead atoms. The fraction of sp³-hybridized carbons (Fsp3) is 0.231. The van der Waals surface area contributed by atoms with E-state index in [1.807, 2.05) is 0 Å². The van der Waals surface area contributed by atoms with Crippen LogP contribution in [0.25, 0.3) is 11.0 Å². The van der Waals surface area contributed by atoms with Gasteiger partial charge in [-0.1, -0.05) is 30.7 Å². The minimum atomic E-state index is -5.09. The summed E-state index contributed by atoms with van der Waals surface area (Å²) >= 11 is 6.36. The van der Waals surface area contributed by atoms with E-state index in [1.54, 1.807) is 0 Å². The number of nitrogens with zero attached hydrogens (tertiary/aromatic N) is 2.